The molecule has 1 rings (SSSR count). The zero-order valence-electron chi connectivity index (χ0n) is 15.7. The Morgan fingerprint density at radius 3 is 2.18 bits per heavy atom. The van der Waals surface area contributed by atoms with Gasteiger partial charge in [-0.25, -0.2) is 0 Å². The van der Waals surface area contributed by atoms with Gasteiger partial charge in [0.1, 0.15) is 0 Å². The molecule has 0 atom stereocenters. The van der Waals surface area contributed by atoms with Crippen molar-refractivity contribution in [3.63, 3.8) is 0 Å². The van der Waals surface area contributed by atoms with Crippen LogP contribution in [0.1, 0.15) is 51.4 Å². The summed E-state index contributed by atoms with van der Waals surface area (Å²) in [5, 5.41) is 7.58. The van der Waals surface area contributed by atoms with Crippen molar-refractivity contribution in [1.29, 1.82) is 0 Å². The van der Waals surface area contributed by atoms with E-state index < -0.39 is 24.4 Å². The maximum atomic E-state index is 5.61. The molecule has 0 aromatic carbocycles. The van der Waals surface area contributed by atoms with Crippen LogP contribution in [-0.2, 0) is 20.5 Å². The number of allylic oxidation sites excluding steroid dienone is 4. The first-order valence-electron chi connectivity index (χ1n) is 8.56. The van der Waals surface area contributed by atoms with Crippen LogP contribution in [0.25, 0.3) is 0 Å². The summed E-state index contributed by atoms with van der Waals surface area (Å²) in [6.07, 6.45) is 15.8. The monoisotopic (exact) mass is 505 g/mol. The molecule has 0 spiro atoms. The van der Waals surface area contributed by atoms with Gasteiger partial charge in [0.2, 0.25) is 0 Å². The van der Waals surface area contributed by atoms with Crippen LogP contribution >= 0.6 is 0 Å². The summed E-state index contributed by atoms with van der Waals surface area (Å²) in [6.45, 7) is 4.65. The van der Waals surface area contributed by atoms with Crippen LogP contribution in [-0.4, -0.2) is 15.4 Å². The van der Waals surface area contributed by atoms with Crippen LogP contribution in [0.5, 0.6) is 0 Å². The van der Waals surface area contributed by atoms with Crippen LogP contribution in [0.4, 0.5) is 0 Å². The van der Waals surface area contributed by atoms with Crippen LogP contribution in [0.2, 0.25) is 35.1 Å². The van der Waals surface area contributed by atoms with Crippen LogP contribution in [0.3, 0.4) is 0 Å². The van der Waals surface area contributed by atoms with E-state index in [-0.39, 0.29) is 0 Å². The quantitative estimate of drug-likeness (QED) is 0.215. The van der Waals surface area contributed by atoms with Crippen LogP contribution < -0.4 is 0 Å². The Morgan fingerprint density at radius 1 is 1.00 bits per heavy atom. The molecule has 3 heteroatoms. The third-order valence-corrected chi connectivity index (χ3v) is 12.5. The summed E-state index contributed by atoms with van der Waals surface area (Å²) in [6, 6.07) is 1.32. The Balaban J connectivity index is 2.10. The van der Waals surface area contributed by atoms with Gasteiger partial charge in [-0.15, -0.1) is 0 Å². The van der Waals surface area contributed by atoms with Crippen LogP contribution in [0.15, 0.2) is 21.7 Å². The fourth-order valence-electron chi connectivity index (χ4n) is 2.90. The van der Waals surface area contributed by atoms with Gasteiger partial charge in [-0.05, 0) is 0 Å². The van der Waals surface area contributed by atoms with E-state index in [0.717, 1.165) is 0 Å². The van der Waals surface area contributed by atoms with Gasteiger partial charge in [-0.3, -0.25) is 0 Å². The summed E-state index contributed by atoms with van der Waals surface area (Å²) in [7, 11) is 0.578. The molecule has 0 radical (unpaired) electrons. The first-order chi connectivity index (χ1) is 10.3. The molecule has 22 heavy (non-hydrogen) atoms. The molecule has 0 amide bonds. The first-order valence-corrected chi connectivity index (χ1v) is 19.6. The van der Waals surface area contributed by atoms with Gasteiger partial charge < -0.3 is 0 Å². The van der Waals surface area contributed by atoms with E-state index in [1.807, 2.05) is 11.1 Å². The van der Waals surface area contributed by atoms with Crippen molar-refractivity contribution in [1.82, 2.24) is 0 Å². The Hall–Kier alpha value is 0.345. The molecule has 0 N–H and O–H groups in total. The summed E-state index contributed by atoms with van der Waals surface area (Å²) in [5.41, 5.74) is 1.71. The topological polar surface area (TPSA) is 9.23 Å². The Labute approximate surface area is 143 Å². The molecule has 0 unspecified atom stereocenters. The average Bonchev–Trinajstić information content (AvgIpc) is 2.90. The first kappa shape index (κ1) is 20.4. The molecule has 0 heterocycles. The van der Waals surface area contributed by atoms with E-state index in [4.69, 9.17) is 4.43 Å². The molecular weight excluding hydrogens is 467 g/mol. The van der Waals surface area contributed by atoms with E-state index in [9.17, 15) is 0 Å². The zero-order valence-corrected chi connectivity index (χ0v) is 19.0. The number of rotatable bonds is 11. The third-order valence-electron chi connectivity index (χ3n) is 4.53. The molecule has 0 fully saturated rings. The minimum absolute atomic E-state index is 1.26. The summed E-state index contributed by atoms with van der Waals surface area (Å²) in [4.78, 5) is 0. The number of hydrogen-bond acceptors (Lipinski definition) is 1. The second-order valence-electron chi connectivity index (χ2n) is 7.51. The van der Waals surface area contributed by atoms with Crippen molar-refractivity contribution in [2.75, 3.05) is 7.11 Å². The van der Waals surface area contributed by atoms with E-state index in [1.165, 1.54) is 57.4 Å². The predicted octanol–water partition coefficient (Wildman–Crippen LogP) is 7.08. The van der Waals surface area contributed by atoms with Crippen molar-refractivity contribution < 1.29 is 20.5 Å². The average molecular weight is 506 g/mol. The van der Waals surface area contributed by atoms with Gasteiger partial charge >= 0.3 is 137 Å². The molecule has 1 aliphatic rings. The van der Waals surface area contributed by atoms with E-state index >= 15 is 0 Å². The molecule has 0 aliphatic heterocycles. The van der Waals surface area contributed by atoms with Crippen molar-refractivity contribution in [3.8, 4) is 0 Å². The van der Waals surface area contributed by atoms with Gasteiger partial charge in [-0.1, -0.05) is 0 Å². The summed E-state index contributed by atoms with van der Waals surface area (Å²) >= 11 is -1.51. The van der Waals surface area contributed by atoms with Gasteiger partial charge in [0.05, 0.1) is 0 Å². The zero-order chi connectivity index (χ0) is 16.6. The molecular formula is C19H38OPtSi. The van der Waals surface area contributed by atoms with Gasteiger partial charge in [0.25, 0.3) is 0 Å². The fourth-order valence-corrected chi connectivity index (χ4v) is 8.53. The predicted molar refractivity (Wildman–Crippen MR) is 100.0 cm³/mol. The van der Waals surface area contributed by atoms with Crippen LogP contribution in [0, 0.1) is 0 Å². The van der Waals surface area contributed by atoms with E-state index in [2.05, 4.69) is 41.2 Å². The Bertz CT molecular complexity index is 391. The summed E-state index contributed by atoms with van der Waals surface area (Å²) in [5.74, 6) is 0. The number of unbranched alkanes of at least 4 members (excludes halogenated alkanes) is 5. The third kappa shape index (κ3) is 7.75. The summed E-state index contributed by atoms with van der Waals surface area (Å²) < 4.78 is 7.46. The normalized spacial score (nSPS) is 16.6. The minimum atomic E-state index is -1.51. The second-order valence-corrected chi connectivity index (χ2v) is 23.5. The Morgan fingerprint density at radius 2 is 1.59 bits per heavy atom. The maximum absolute atomic E-state index is 5.61. The standard InChI is InChI=1S/C16H29OSi.3CH3.Pt/c1-17-18(2,3)15-11-7-5-4-6-8-12-16-13-9-10-14-16;;;;/h9,13H,4-8,10-12,15H2,1-3H3;3*1H3;. The molecule has 0 aromatic heterocycles. The van der Waals surface area contributed by atoms with Crippen molar-refractivity contribution in [2.45, 2.75) is 86.4 Å². The van der Waals surface area contributed by atoms with E-state index in [0.29, 0.717) is 0 Å². The van der Waals surface area contributed by atoms with Crippen molar-refractivity contribution in [2.24, 2.45) is 0 Å². The van der Waals surface area contributed by atoms with Crippen molar-refractivity contribution >= 4 is 8.32 Å². The van der Waals surface area contributed by atoms with Gasteiger partial charge in [0, 0.05) is 7.11 Å². The fraction of sp³-hybridized carbons (Fsp3) is 0.789. The molecule has 1 aliphatic carbocycles. The molecule has 134 valence electrons. The van der Waals surface area contributed by atoms with E-state index in [1.54, 1.807) is 5.57 Å². The molecule has 0 saturated carbocycles. The second kappa shape index (κ2) is 9.59. The van der Waals surface area contributed by atoms with Crippen molar-refractivity contribution in [3.05, 3.63) is 21.7 Å². The molecule has 1 nitrogen and oxygen atoms in total. The molecule has 0 saturated heterocycles. The van der Waals surface area contributed by atoms with Gasteiger partial charge in [-0.2, -0.15) is 0 Å². The molecule has 0 bridgehead atoms. The number of hydrogen-bond donors (Lipinski definition) is 0. The Kier molecular flexibility index (Phi) is 8.89. The molecule has 0 aromatic rings. The van der Waals surface area contributed by atoms with Gasteiger partial charge in [0.15, 0.2) is 0 Å². The SMILES string of the molecule is CO[Si](C)(C)CCCCCCCCC1=[C]([Pt]([CH3])([CH3])[CH3])CC=C1.